The fraction of sp³-hybridized carbons (Fsp3) is 0.333. The van der Waals surface area contributed by atoms with Crippen molar-refractivity contribution in [1.82, 2.24) is 0 Å². The Kier molecular flexibility index (Phi) is 17.7. The van der Waals surface area contributed by atoms with Crippen LogP contribution in [0.4, 0.5) is 0 Å². The SMILES string of the molecule is CC(=O)/C=C(/C)O.[CH2]C(=C)C/C=C/C.[Pd]. The van der Waals surface area contributed by atoms with Gasteiger partial charge in [-0.2, -0.15) is 0 Å². The number of hydrogen-bond donors (Lipinski definition) is 1. The van der Waals surface area contributed by atoms with Crippen LogP contribution in [0, 0.1) is 6.92 Å². The van der Waals surface area contributed by atoms with Crippen molar-refractivity contribution in [3.8, 4) is 0 Å². The van der Waals surface area contributed by atoms with Crippen LogP contribution in [-0.2, 0) is 25.2 Å². The van der Waals surface area contributed by atoms with Gasteiger partial charge in [-0.15, -0.1) is 0 Å². The van der Waals surface area contributed by atoms with Crippen molar-refractivity contribution >= 4 is 5.78 Å². The Morgan fingerprint density at radius 1 is 1.40 bits per heavy atom. The van der Waals surface area contributed by atoms with Crippen LogP contribution in [0.1, 0.15) is 27.2 Å². The number of hydrogen-bond acceptors (Lipinski definition) is 2. The van der Waals surface area contributed by atoms with Crippen LogP contribution in [0.3, 0.4) is 0 Å². The number of carbonyl (C=O) groups is 1. The number of allylic oxidation sites excluding steroid dienone is 5. The van der Waals surface area contributed by atoms with Crippen LogP contribution in [-0.4, -0.2) is 10.9 Å². The molecule has 0 heterocycles. The van der Waals surface area contributed by atoms with Gasteiger partial charge in [0.1, 0.15) is 0 Å². The van der Waals surface area contributed by atoms with E-state index < -0.39 is 0 Å². The first-order chi connectivity index (χ1) is 6.40. The minimum atomic E-state index is -0.125. The Bertz CT molecular complexity index is 236. The fourth-order valence-corrected chi connectivity index (χ4v) is 0.579. The molecule has 2 nitrogen and oxygen atoms in total. The van der Waals surface area contributed by atoms with Crippen molar-refractivity contribution in [2.24, 2.45) is 0 Å². The number of ketones is 1. The molecule has 0 saturated heterocycles. The minimum Gasteiger partial charge on any atom is -0.512 e. The molecule has 0 spiro atoms. The molecule has 1 radical (unpaired) electrons. The zero-order valence-corrected chi connectivity index (χ0v) is 11.1. The molecule has 3 heteroatoms. The molecule has 0 rings (SSSR count). The van der Waals surface area contributed by atoms with E-state index in [1.165, 1.54) is 19.9 Å². The molecule has 0 atom stereocenters. The van der Waals surface area contributed by atoms with Gasteiger partial charge in [-0.25, -0.2) is 0 Å². The summed E-state index contributed by atoms with van der Waals surface area (Å²) in [7, 11) is 0. The largest absolute Gasteiger partial charge is 0.512 e. The van der Waals surface area contributed by atoms with Gasteiger partial charge in [0, 0.05) is 26.5 Å². The van der Waals surface area contributed by atoms with Gasteiger partial charge in [-0.3, -0.25) is 4.79 Å². The average molecular weight is 302 g/mol. The molecule has 0 aliphatic carbocycles. The van der Waals surface area contributed by atoms with Crippen LogP contribution < -0.4 is 0 Å². The smallest absolute Gasteiger partial charge is 0.155 e. The molecule has 0 fully saturated rings. The molecule has 0 bridgehead atoms. The predicted molar refractivity (Wildman–Crippen MR) is 61.0 cm³/mol. The summed E-state index contributed by atoms with van der Waals surface area (Å²) >= 11 is 0. The van der Waals surface area contributed by atoms with Gasteiger partial charge in [-0.1, -0.05) is 24.3 Å². The Labute approximate surface area is 106 Å². The molecule has 0 saturated carbocycles. The summed E-state index contributed by atoms with van der Waals surface area (Å²) in [5.41, 5.74) is 0.970. The summed E-state index contributed by atoms with van der Waals surface area (Å²) in [6, 6.07) is 0. The molecule has 0 amide bonds. The molecule has 0 aliphatic rings. The van der Waals surface area contributed by atoms with E-state index in [2.05, 4.69) is 13.5 Å². The molecule has 0 aromatic carbocycles. The van der Waals surface area contributed by atoms with Crippen LogP contribution in [0.25, 0.3) is 0 Å². The zero-order chi connectivity index (χ0) is 11.6. The molecule has 15 heavy (non-hydrogen) atoms. The average Bonchev–Trinajstić information content (AvgIpc) is 1.99. The van der Waals surface area contributed by atoms with E-state index in [0.717, 1.165) is 12.0 Å². The topological polar surface area (TPSA) is 37.3 Å². The van der Waals surface area contributed by atoms with Crippen LogP contribution in [0.15, 0.2) is 36.1 Å². The second kappa shape index (κ2) is 13.4. The molecule has 89 valence electrons. The Morgan fingerprint density at radius 2 is 1.87 bits per heavy atom. The summed E-state index contributed by atoms with van der Waals surface area (Å²) in [6.45, 7) is 12.1. The molecule has 0 aromatic rings. The Morgan fingerprint density at radius 3 is 1.93 bits per heavy atom. The van der Waals surface area contributed by atoms with E-state index >= 15 is 0 Å². The third-order valence-electron chi connectivity index (χ3n) is 1.05. The zero-order valence-electron chi connectivity index (χ0n) is 9.53. The standard InChI is InChI=1S/C7H11.C5H8O2.Pd/c1-4-5-6-7(2)3;1-4(6)3-5(2)7;/h4-5H,2-3,6H2,1H3;3,6H,1-2H3;/b5-4+;4-3-;. The Hall–Kier alpha value is -0.648. The second-order valence-electron chi connectivity index (χ2n) is 2.92. The number of carbonyl (C=O) groups excluding carboxylic acids is 1. The summed E-state index contributed by atoms with van der Waals surface area (Å²) in [6.07, 6.45) is 6.11. The Balaban J connectivity index is -0.000000180. The third-order valence-corrected chi connectivity index (χ3v) is 1.05. The van der Waals surface area contributed by atoms with Gasteiger partial charge in [0.05, 0.1) is 5.76 Å². The van der Waals surface area contributed by atoms with Crippen molar-refractivity contribution in [3.05, 3.63) is 43.1 Å². The van der Waals surface area contributed by atoms with Crippen molar-refractivity contribution in [2.45, 2.75) is 27.2 Å². The molecule has 0 unspecified atom stereocenters. The predicted octanol–water partition coefficient (Wildman–Crippen LogP) is 3.38. The normalized spacial score (nSPS) is 10.0. The van der Waals surface area contributed by atoms with Gasteiger partial charge in [-0.05, 0) is 34.1 Å². The first-order valence-electron chi connectivity index (χ1n) is 4.38. The monoisotopic (exact) mass is 301 g/mol. The number of aliphatic hydroxyl groups excluding tert-OH is 1. The second-order valence-corrected chi connectivity index (χ2v) is 2.92. The quantitative estimate of drug-likeness (QED) is 0.375. The van der Waals surface area contributed by atoms with Gasteiger partial charge in [0.2, 0.25) is 0 Å². The van der Waals surface area contributed by atoms with Crippen molar-refractivity contribution in [3.63, 3.8) is 0 Å². The van der Waals surface area contributed by atoms with E-state index in [0.29, 0.717) is 0 Å². The van der Waals surface area contributed by atoms with Gasteiger partial charge in [0.25, 0.3) is 0 Å². The number of aliphatic hydroxyl groups is 1. The first-order valence-corrected chi connectivity index (χ1v) is 4.38. The maximum atomic E-state index is 10.0. The maximum absolute atomic E-state index is 10.0. The molecule has 0 aliphatic heterocycles. The summed E-state index contributed by atoms with van der Waals surface area (Å²) in [5, 5.41) is 8.36. The van der Waals surface area contributed by atoms with Crippen LogP contribution >= 0.6 is 0 Å². The molecule has 1 N–H and O–H groups in total. The third kappa shape index (κ3) is 31.8. The first kappa shape index (κ1) is 19.9. The molecular formula is C12H19O2Pd. The van der Waals surface area contributed by atoms with Gasteiger partial charge >= 0.3 is 0 Å². The van der Waals surface area contributed by atoms with Crippen molar-refractivity contribution < 1.29 is 30.3 Å². The molecule has 0 aromatic heterocycles. The maximum Gasteiger partial charge on any atom is 0.155 e. The summed E-state index contributed by atoms with van der Waals surface area (Å²) < 4.78 is 0. The van der Waals surface area contributed by atoms with E-state index in [1.54, 1.807) is 0 Å². The molecular weight excluding hydrogens is 283 g/mol. The summed E-state index contributed by atoms with van der Waals surface area (Å²) in [5.74, 6) is -0.0625. The van der Waals surface area contributed by atoms with E-state index in [-0.39, 0.29) is 32.0 Å². The van der Waals surface area contributed by atoms with Crippen molar-refractivity contribution in [1.29, 1.82) is 0 Å². The summed E-state index contributed by atoms with van der Waals surface area (Å²) in [4.78, 5) is 10.0. The fourth-order valence-electron chi connectivity index (χ4n) is 0.579. The minimum absolute atomic E-state index is 0. The van der Waals surface area contributed by atoms with Crippen molar-refractivity contribution in [2.75, 3.05) is 0 Å². The van der Waals surface area contributed by atoms with Crippen LogP contribution in [0.5, 0.6) is 0 Å². The van der Waals surface area contributed by atoms with E-state index in [1.807, 2.05) is 19.1 Å². The van der Waals surface area contributed by atoms with E-state index in [4.69, 9.17) is 5.11 Å². The van der Waals surface area contributed by atoms with E-state index in [9.17, 15) is 4.79 Å². The number of rotatable bonds is 3. The van der Waals surface area contributed by atoms with Gasteiger partial charge in [0.15, 0.2) is 5.78 Å². The van der Waals surface area contributed by atoms with Crippen LogP contribution in [0.2, 0.25) is 0 Å². The van der Waals surface area contributed by atoms with Gasteiger partial charge < -0.3 is 5.11 Å².